The van der Waals surface area contributed by atoms with Crippen LogP contribution >= 0.6 is 11.6 Å². The molecule has 1 aliphatic carbocycles. The van der Waals surface area contributed by atoms with Crippen LogP contribution in [0.25, 0.3) is 0 Å². The Kier molecular flexibility index (Phi) is 3.73. The van der Waals surface area contributed by atoms with Crippen molar-refractivity contribution >= 4 is 23.3 Å². The number of hydrogen-bond donors (Lipinski definition) is 0. The monoisotopic (exact) mass is 319 g/mol. The molecule has 4 heterocycles. The summed E-state index contributed by atoms with van der Waals surface area (Å²) >= 11 is 5.94. The van der Waals surface area contributed by atoms with Crippen LogP contribution in [0.4, 0.5) is 5.82 Å². The molecule has 22 heavy (non-hydrogen) atoms. The molecule has 0 aromatic carbocycles. The van der Waals surface area contributed by atoms with E-state index in [9.17, 15) is 4.79 Å². The Morgan fingerprint density at radius 1 is 1.18 bits per heavy atom. The number of carbonyl (C=O) groups excluding carboxylic acids is 1. The highest BCUT2D eigenvalue weighted by Gasteiger charge is 2.42. The third kappa shape index (κ3) is 2.58. The maximum atomic E-state index is 12.8. The van der Waals surface area contributed by atoms with E-state index < -0.39 is 0 Å². The van der Waals surface area contributed by atoms with Crippen molar-refractivity contribution < 1.29 is 4.79 Å². The summed E-state index contributed by atoms with van der Waals surface area (Å²) in [5.74, 6) is 2.20. The average Bonchev–Trinajstić information content (AvgIpc) is 2.75. The number of halogens is 1. The van der Waals surface area contributed by atoms with Crippen LogP contribution < -0.4 is 4.90 Å². The van der Waals surface area contributed by atoms with Gasteiger partial charge in [-0.2, -0.15) is 0 Å². The summed E-state index contributed by atoms with van der Waals surface area (Å²) < 4.78 is 0. The third-order valence-corrected chi connectivity index (χ3v) is 5.73. The Balaban J connectivity index is 1.54. The van der Waals surface area contributed by atoms with Crippen LogP contribution in [0, 0.1) is 11.8 Å². The molecule has 3 aliphatic heterocycles. The lowest BCUT2D eigenvalue weighted by atomic mass is 9.83. The van der Waals surface area contributed by atoms with Gasteiger partial charge in [-0.3, -0.25) is 4.79 Å². The summed E-state index contributed by atoms with van der Waals surface area (Å²) in [5.41, 5.74) is 0. The van der Waals surface area contributed by atoms with Crippen LogP contribution in [0.2, 0.25) is 5.02 Å². The van der Waals surface area contributed by atoms with Crippen LogP contribution in [-0.4, -0.2) is 41.5 Å². The lowest BCUT2D eigenvalue weighted by Crippen LogP contribution is -2.50. The number of pyridine rings is 1. The first-order valence-corrected chi connectivity index (χ1v) is 8.75. The second-order valence-corrected chi connectivity index (χ2v) is 7.39. The van der Waals surface area contributed by atoms with E-state index in [1.807, 2.05) is 12.1 Å². The number of anilines is 1. The molecule has 1 aromatic rings. The zero-order valence-corrected chi connectivity index (χ0v) is 13.5. The predicted octanol–water partition coefficient (Wildman–Crippen LogP) is 2.96. The molecule has 1 saturated carbocycles. The van der Waals surface area contributed by atoms with E-state index in [1.165, 1.54) is 19.3 Å². The number of aromatic nitrogens is 1. The van der Waals surface area contributed by atoms with Gasteiger partial charge in [-0.1, -0.05) is 18.0 Å². The summed E-state index contributed by atoms with van der Waals surface area (Å²) in [6.45, 7) is 2.68. The smallest absolute Gasteiger partial charge is 0.227 e. The number of carbonyl (C=O) groups is 1. The molecule has 4 fully saturated rings. The number of piperidine rings is 1. The fourth-order valence-electron chi connectivity index (χ4n) is 3.98. The standard InChI is InChI=1S/C17H22ClN3O/c18-14-5-7-16(19-8-14)20-10-13-4-6-15(11-20)21(17(13)22)9-12-2-1-3-12/h5,7-8,12-13,15H,1-4,6,9-11H2/t13-,15+/m0/s1. The van der Waals surface area contributed by atoms with E-state index in [1.54, 1.807) is 6.20 Å². The zero-order chi connectivity index (χ0) is 15.1. The van der Waals surface area contributed by atoms with Crippen LogP contribution in [0.1, 0.15) is 32.1 Å². The lowest BCUT2D eigenvalue weighted by molar-refractivity contribution is -0.141. The first kappa shape index (κ1) is 14.3. The molecule has 0 N–H and O–H groups in total. The number of amides is 1. The number of fused-ring (bicyclic) bond motifs is 4. The van der Waals surface area contributed by atoms with Gasteiger partial charge in [0.25, 0.3) is 0 Å². The van der Waals surface area contributed by atoms with Gasteiger partial charge in [0.15, 0.2) is 0 Å². The molecule has 4 aliphatic rings. The fraction of sp³-hybridized carbons (Fsp3) is 0.647. The maximum absolute atomic E-state index is 12.8. The highest BCUT2D eigenvalue weighted by Crippen LogP contribution is 2.35. The number of rotatable bonds is 3. The average molecular weight is 320 g/mol. The molecule has 4 nitrogen and oxygen atoms in total. The Morgan fingerprint density at radius 3 is 2.73 bits per heavy atom. The van der Waals surface area contributed by atoms with Gasteiger partial charge >= 0.3 is 0 Å². The van der Waals surface area contributed by atoms with Crippen molar-refractivity contribution in [2.45, 2.75) is 38.1 Å². The van der Waals surface area contributed by atoms with Crippen molar-refractivity contribution in [3.05, 3.63) is 23.4 Å². The van der Waals surface area contributed by atoms with E-state index >= 15 is 0 Å². The van der Waals surface area contributed by atoms with Crippen molar-refractivity contribution in [1.82, 2.24) is 9.88 Å². The molecule has 2 atom stereocenters. The highest BCUT2D eigenvalue weighted by atomic mass is 35.5. The molecule has 1 amide bonds. The maximum Gasteiger partial charge on any atom is 0.227 e. The fourth-order valence-corrected chi connectivity index (χ4v) is 4.09. The van der Waals surface area contributed by atoms with Crippen molar-refractivity contribution in [3.8, 4) is 0 Å². The zero-order valence-electron chi connectivity index (χ0n) is 12.7. The highest BCUT2D eigenvalue weighted by molar-refractivity contribution is 6.30. The molecule has 0 unspecified atom stereocenters. The number of nitrogens with zero attached hydrogens (tertiary/aromatic N) is 3. The molecule has 3 saturated heterocycles. The minimum atomic E-state index is 0.135. The third-order valence-electron chi connectivity index (χ3n) is 5.51. The minimum Gasteiger partial charge on any atom is -0.354 e. The molecule has 1 aromatic heterocycles. The SMILES string of the molecule is O=C1[C@H]2CC[C@H](CN(c3ccc(Cl)cn3)C2)N1CC1CCC1. The summed E-state index contributed by atoms with van der Waals surface area (Å²) in [6.07, 6.45) is 7.77. The summed E-state index contributed by atoms with van der Waals surface area (Å²) in [4.78, 5) is 21.7. The van der Waals surface area contributed by atoms with Crippen molar-refractivity contribution in [2.75, 3.05) is 24.5 Å². The Labute approximate surface area is 136 Å². The van der Waals surface area contributed by atoms with E-state index in [4.69, 9.17) is 11.6 Å². The van der Waals surface area contributed by atoms with Crippen LogP contribution in [-0.2, 0) is 4.79 Å². The van der Waals surface area contributed by atoms with Gasteiger partial charge in [0.1, 0.15) is 5.82 Å². The predicted molar refractivity (Wildman–Crippen MR) is 87.0 cm³/mol. The molecule has 118 valence electrons. The first-order valence-electron chi connectivity index (χ1n) is 8.37. The van der Waals surface area contributed by atoms with Gasteiger partial charge in [0.05, 0.1) is 10.9 Å². The molecule has 0 radical (unpaired) electrons. The van der Waals surface area contributed by atoms with Crippen molar-refractivity contribution in [1.29, 1.82) is 0 Å². The van der Waals surface area contributed by atoms with Crippen LogP contribution in [0.3, 0.4) is 0 Å². The van der Waals surface area contributed by atoms with Gasteiger partial charge < -0.3 is 9.80 Å². The largest absolute Gasteiger partial charge is 0.354 e. The van der Waals surface area contributed by atoms with Crippen molar-refractivity contribution in [2.24, 2.45) is 11.8 Å². The minimum absolute atomic E-state index is 0.135. The Morgan fingerprint density at radius 2 is 2.05 bits per heavy atom. The molecule has 5 heteroatoms. The lowest BCUT2D eigenvalue weighted by Gasteiger charge is -2.40. The quantitative estimate of drug-likeness (QED) is 0.859. The summed E-state index contributed by atoms with van der Waals surface area (Å²) in [5, 5.41) is 0.657. The molecule has 0 spiro atoms. The topological polar surface area (TPSA) is 36.4 Å². The Hall–Kier alpha value is -1.29. The molecular weight excluding hydrogens is 298 g/mol. The summed E-state index contributed by atoms with van der Waals surface area (Å²) in [6, 6.07) is 4.20. The van der Waals surface area contributed by atoms with Gasteiger partial charge in [-0.05, 0) is 43.7 Å². The van der Waals surface area contributed by atoms with Gasteiger partial charge in [-0.25, -0.2) is 4.98 Å². The molecule has 5 rings (SSSR count). The van der Waals surface area contributed by atoms with E-state index in [0.29, 0.717) is 17.0 Å². The molecular formula is C17H22ClN3O. The van der Waals surface area contributed by atoms with E-state index in [2.05, 4.69) is 14.8 Å². The Bertz CT molecular complexity index is 558. The van der Waals surface area contributed by atoms with Gasteiger partial charge in [-0.15, -0.1) is 0 Å². The first-order chi connectivity index (χ1) is 10.7. The molecule has 2 bridgehead atoms. The summed E-state index contributed by atoms with van der Waals surface area (Å²) in [7, 11) is 0. The van der Waals surface area contributed by atoms with Crippen molar-refractivity contribution in [3.63, 3.8) is 0 Å². The van der Waals surface area contributed by atoms with Gasteiger partial charge in [0, 0.05) is 31.9 Å². The number of hydrogen-bond acceptors (Lipinski definition) is 3. The normalized spacial score (nSPS) is 28.7. The van der Waals surface area contributed by atoms with E-state index in [-0.39, 0.29) is 5.92 Å². The van der Waals surface area contributed by atoms with Crippen LogP contribution in [0.15, 0.2) is 18.3 Å². The second kappa shape index (κ2) is 5.73. The van der Waals surface area contributed by atoms with Crippen LogP contribution in [0.5, 0.6) is 0 Å². The van der Waals surface area contributed by atoms with E-state index in [0.717, 1.165) is 44.2 Å². The second-order valence-electron chi connectivity index (χ2n) is 6.96. The van der Waals surface area contributed by atoms with Gasteiger partial charge in [0.2, 0.25) is 5.91 Å².